The van der Waals surface area contributed by atoms with E-state index in [9.17, 15) is 18.4 Å². The molecule has 1 heterocycles. The molecule has 2 aromatic carbocycles. The summed E-state index contributed by atoms with van der Waals surface area (Å²) in [5.74, 6) is -0.577. The first-order valence-electron chi connectivity index (χ1n) is 8.68. The second-order valence-corrected chi connectivity index (χ2v) is 7.43. The molecule has 2 amide bonds. The fourth-order valence-corrected chi connectivity index (χ4v) is 3.72. The fourth-order valence-electron chi connectivity index (χ4n) is 3.22. The Morgan fingerprint density at radius 1 is 1.25 bits per heavy atom. The highest BCUT2D eigenvalue weighted by Crippen LogP contribution is 2.32. The molecule has 8 heteroatoms. The smallest absolute Gasteiger partial charge is 0.387 e. The minimum atomic E-state index is -2.87. The van der Waals surface area contributed by atoms with Gasteiger partial charge in [-0.05, 0) is 45.8 Å². The van der Waals surface area contributed by atoms with Gasteiger partial charge in [0.2, 0.25) is 11.8 Å². The zero-order valence-electron chi connectivity index (χ0n) is 15.1. The Kier molecular flexibility index (Phi) is 6.28. The number of anilines is 1. The number of hydrogen-bond acceptors (Lipinski definition) is 3. The Bertz CT molecular complexity index is 861. The molecule has 0 radical (unpaired) electrons. The van der Waals surface area contributed by atoms with Gasteiger partial charge in [-0.1, -0.05) is 24.3 Å². The molecule has 0 aromatic heterocycles. The van der Waals surface area contributed by atoms with Gasteiger partial charge in [-0.15, -0.1) is 0 Å². The summed E-state index contributed by atoms with van der Waals surface area (Å²) in [4.78, 5) is 28.4. The Morgan fingerprint density at radius 2 is 1.93 bits per heavy atom. The van der Waals surface area contributed by atoms with Crippen LogP contribution in [0, 0.1) is 5.92 Å². The van der Waals surface area contributed by atoms with E-state index in [1.807, 2.05) is 24.3 Å². The van der Waals surface area contributed by atoms with Crippen LogP contribution < -0.4 is 9.64 Å². The van der Waals surface area contributed by atoms with E-state index in [2.05, 4.69) is 20.7 Å². The first-order valence-corrected chi connectivity index (χ1v) is 9.48. The predicted molar refractivity (Wildman–Crippen MR) is 104 cm³/mol. The Labute approximate surface area is 170 Å². The van der Waals surface area contributed by atoms with Crippen molar-refractivity contribution in [3.8, 4) is 5.75 Å². The third kappa shape index (κ3) is 4.67. The third-order valence-electron chi connectivity index (χ3n) is 4.56. The molecule has 1 atom stereocenters. The number of ether oxygens (including phenoxy) is 1. The van der Waals surface area contributed by atoms with Crippen LogP contribution in [0.25, 0.3) is 0 Å². The van der Waals surface area contributed by atoms with Crippen LogP contribution >= 0.6 is 15.9 Å². The molecule has 0 bridgehead atoms. The monoisotopic (exact) mass is 452 g/mol. The lowest BCUT2D eigenvalue weighted by atomic mass is 10.1. The lowest BCUT2D eigenvalue weighted by Gasteiger charge is -2.22. The quantitative estimate of drug-likeness (QED) is 0.663. The number of alkyl halides is 2. The standard InChI is InChI=1S/C20H19BrF2N2O3/c1-24(11-13-6-8-15(9-7-13)28-20(22)23)19(27)14-10-18(26)25(12-14)17-5-3-2-4-16(17)21/h2-9,14,20H,10-12H2,1H3. The molecule has 0 spiro atoms. The van der Waals surface area contributed by atoms with Crippen LogP contribution in [0.1, 0.15) is 12.0 Å². The molecule has 0 N–H and O–H groups in total. The summed E-state index contributed by atoms with van der Waals surface area (Å²) in [6.45, 7) is -2.23. The van der Waals surface area contributed by atoms with Crippen molar-refractivity contribution in [2.45, 2.75) is 19.6 Å². The molecule has 1 fully saturated rings. The maximum absolute atomic E-state index is 12.8. The average molecular weight is 453 g/mol. The highest BCUT2D eigenvalue weighted by molar-refractivity contribution is 9.10. The lowest BCUT2D eigenvalue weighted by Crippen LogP contribution is -2.34. The van der Waals surface area contributed by atoms with E-state index >= 15 is 0 Å². The van der Waals surface area contributed by atoms with Gasteiger partial charge in [-0.3, -0.25) is 9.59 Å². The molecule has 1 aliphatic heterocycles. The molecular formula is C20H19BrF2N2O3. The van der Waals surface area contributed by atoms with Crippen molar-refractivity contribution >= 4 is 33.4 Å². The van der Waals surface area contributed by atoms with Gasteiger partial charge in [0.25, 0.3) is 0 Å². The number of benzene rings is 2. The summed E-state index contributed by atoms with van der Waals surface area (Å²) in [7, 11) is 1.66. The van der Waals surface area contributed by atoms with E-state index < -0.39 is 12.5 Å². The van der Waals surface area contributed by atoms with E-state index in [0.29, 0.717) is 13.1 Å². The highest BCUT2D eigenvalue weighted by Gasteiger charge is 2.37. The minimum Gasteiger partial charge on any atom is -0.435 e. The van der Waals surface area contributed by atoms with Gasteiger partial charge in [0.15, 0.2) is 0 Å². The first kappa shape index (κ1) is 20.3. The topological polar surface area (TPSA) is 49.9 Å². The van der Waals surface area contributed by atoms with Crippen molar-refractivity contribution < 1.29 is 23.1 Å². The molecule has 3 rings (SSSR count). The van der Waals surface area contributed by atoms with Crippen molar-refractivity contribution in [2.75, 3.05) is 18.5 Å². The summed E-state index contributed by atoms with van der Waals surface area (Å²) >= 11 is 3.44. The molecule has 148 valence electrons. The molecule has 1 unspecified atom stereocenters. The predicted octanol–water partition coefficient (Wildman–Crippen LogP) is 4.06. The maximum atomic E-state index is 12.8. The van der Waals surface area contributed by atoms with Crippen LogP contribution in [0.3, 0.4) is 0 Å². The summed E-state index contributed by atoms with van der Waals surface area (Å²) in [6, 6.07) is 13.5. The van der Waals surface area contributed by atoms with Gasteiger partial charge >= 0.3 is 6.61 Å². The van der Waals surface area contributed by atoms with Crippen molar-refractivity contribution in [3.63, 3.8) is 0 Å². The second-order valence-electron chi connectivity index (χ2n) is 6.57. The number of carbonyl (C=O) groups is 2. The number of carbonyl (C=O) groups excluding carboxylic acids is 2. The van der Waals surface area contributed by atoms with Gasteiger partial charge in [0.05, 0.1) is 11.6 Å². The van der Waals surface area contributed by atoms with Gasteiger partial charge in [-0.25, -0.2) is 0 Å². The minimum absolute atomic E-state index is 0.0678. The Hall–Kier alpha value is -2.48. The number of rotatable bonds is 6. The number of nitrogens with zero attached hydrogens (tertiary/aromatic N) is 2. The maximum Gasteiger partial charge on any atom is 0.387 e. The van der Waals surface area contributed by atoms with Crippen LogP contribution in [0.4, 0.5) is 14.5 Å². The SMILES string of the molecule is CN(Cc1ccc(OC(F)F)cc1)C(=O)C1CC(=O)N(c2ccccc2Br)C1. The van der Waals surface area contributed by atoms with Gasteiger partial charge in [0, 0.05) is 31.0 Å². The average Bonchev–Trinajstić information content (AvgIpc) is 3.04. The summed E-state index contributed by atoms with van der Waals surface area (Å²) < 4.78 is 29.5. The second kappa shape index (κ2) is 8.68. The third-order valence-corrected chi connectivity index (χ3v) is 5.23. The zero-order chi connectivity index (χ0) is 20.3. The van der Waals surface area contributed by atoms with Gasteiger partial charge in [-0.2, -0.15) is 8.78 Å². The summed E-state index contributed by atoms with van der Waals surface area (Å²) in [6.07, 6.45) is 0.158. The summed E-state index contributed by atoms with van der Waals surface area (Å²) in [5.41, 5.74) is 1.53. The fraction of sp³-hybridized carbons (Fsp3) is 0.300. The van der Waals surface area contributed by atoms with Crippen LogP contribution in [0.5, 0.6) is 5.75 Å². The number of para-hydroxylation sites is 1. The van der Waals surface area contributed by atoms with Crippen LogP contribution in [-0.4, -0.2) is 36.9 Å². The zero-order valence-corrected chi connectivity index (χ0v) is 16.7. The molecule has 2 aromatic rings. The largest absolute Gasteiger partial charge is 0.435 e. The van der Waals surface area contributed by atoms with Gasteiger partial charge in [0.1, 0.15) is 5.75 Å². The molecule has 28 heavy (non-hydrogen) atoms. The Morgan fingerprint density at radius 3 is 2.57 bits per heavy atom. The summed E-state index contributed by atoms with van der Waals surface area (Å²) in [5, 5.41) is 0. The normalized spacial score (nSPS) is 16.5. The number of halogens is 3. The lowest BCUT2D eigenvalue weighted by molar-refractivity contribution is -0.135. The molecule has 1 aliphatic rings. The van der Waals surface area contributed by atoms with Crippen LogP contribution in [-0.2, 0) is 16.1 Å². The Balaban J connectivity index is 1.62. The van der Waals surface area contributed by atoms with E-state index in [1.54, 1.807) is 29.0 Å². The van der Waals surface area contributed by atoms with Crippen LogP contribution in [0.2, 0.25) is 0 Å². The van der Waals surface area contributed by atoms with E-state index in [1.165, 1.54) is 12.1 Å². The van der Waals surface area contributed by atoms with E-state index in [-0.39, 0.29) is 24.0 Å². The van der Waals surface area contributed by atoms with Crippen molar-refractivity contribution in [3.05, 3.63) is 58.6 Å². The van der Waals surface area contributed by atoms with Crippen molar-refractivity contribution in [1.82, 2.24) is 4.90 Å². The first-order chi connectivity index (χ1) is 13.3. The van der Waals surface area contributed by atoms with Crippen molar-refractivity contribution in [1.29, 1.82) is 0 Å². The molecule has 5 nitrogen and oxygen atoms in total. The highest BCUT2D eigenvalue weighted by atomic mass is 79.9. The number of amides is 2. The van der Waals surface area contributed by atoms with E-state index in [4.69, 9.17) is 0 Å². The van der Waals surface area contributed by atoms with E-state index in [0.717, 1.165) is 15.7 Å². The number of hydrogen-bond donors (Lipinski definition) is 0. The van der Waals surface area contributed by atoms with Crippen LogP contribution in [0.15, 0.2) is 53.0 Å². The molecule has 1 saturated heterocycles. The molecule has 0 aliphatic carbocycles. The molecule has 0 saturated carbocycles. The molecular weight excluding hydrogens is 434 g/mol. The van der Waals surface area contributed by atoms with Gasteiger partial charge < -0.3 is 14.5 Å². The van der Waals surface area contributed by atoms with Crippen molar-refractivity contribution in [2.24, 2.45) is 5.92 Å².